The molecule has 3 heterocycles. The number of carbonyl (C=O) groups excluding carboxylic acids is 1. The summed E-state index contributed by atoms with van der Waals surface area (Å²) < 4.78 is 5.03. The first kappa shape index (κ1) is 17.4. The fourth-order valence-electron chi connectivity index (χ4n) is 4.03. The molecule has 2 saturated heterocycles. The van der Waals surface area contributed by atoms with E-state index in [4.69, 9.17) is 4.52 Å². The highest BCUT2D eigenvalue weighted by molar-refractivity contribution is 5.76. The lowest BCUT2D eigenvalue weighted by Crippen LogP contribution is -2.41. The second kappa shape index (κ2) is 8.10. The molecule has 6 heteroatoms. The quantitative estimate of drug-likeness (QED) is 0.827. The van der Waals surface area contributed by atoms with Crippen LogP contribution in [-0.4, -0.2) is 58.6 Å². The van der Waals surface area contributed by atoms with Crippen molar-refractivity contribution in [3.63, 3.8) is 0 Å². The van der Waals surface area contributed by atoms with Crippen LogP contribution in [0.15, 0.2) is 4.52 Å². The van der Waals surface area contributed by atoms with E-state index in [-0.39, 0.29) is 0 Å². The van der Waals surface area contributed by atoms with Crippen LogP contribution in [0.25, 0.3) is 0 Å². The number of carbonyl (C=O) groups is 1. The molecule has 0 radical (unpaired) electrons. The van der Waals surface area contributed by atoms with Gasteiger partial charge in [-0.25, -0.2) is 0 Å². The van der Waals surface area contributed by atoms with Crippen molar-refractivity contribution in [2.75, 3.05) is 26.7 Å². The summed E-state index contributed by atoms with van der Waals surface area (Å²) in [5.74, 6) is 2.33. The number of nitrogens with zero attached hydrogens (tertiary/aromatic N) is 4. The molecule has 0 aliphatic carbocycles. The SMILES string of the molecule is Cc1nc(CC2CCN(C(=O)CC[C@@H]3CCCCN3C)CC2)no1. The summed E-state index contributed by atoms with van der Waals surface area (Å²) in [6.45, 7) is 4.75. The number of hydrogen-bond donors (Lipinski definition) is 0. The van der Waals surface area contributed by atoms with Gasteiger partial charge in [0.15, 0.2) is 5.82 Å². The van der Waals surface area contributed by atoms with Gasteiger partial charge in [-0.2, -0.15) is 4.98 Å². The summed E-state index contributed by atoms with van der Waals surface area (Å²) in [6, 6.07) is 0.599. The minimum atomic E-state index is 0.336. The van der Waals surface area contributed by atoms with Gasteiger partial charge < -0.3 is 14.3 Å². The molecule has 24 heavy (non-hydrogen) atoms. The molecule has 2 aliphatic rings. The first-order chi connectivity index (χ1) is 11.6. The molecule has 1 aromatic heterocycles. The molecule has 6 nitrogen and oxygen atoms in total. The molecule has 2 aliphatic heterocycles. The number of hydrogen-bond acceptors (Lipinski definition) is 5. The third kappa shape index (κ3) is 4.56. The molecule has 3 rings (SSSR count). The highest BCUT2D eigenvalue weighted by Crippen LogP contribution is 2.23. The maximum atomic E-state index is 12.5. The number of likely N-dealkylation sites (tertiary alicyclic amines) is 2. The van der Waals surface area contributed by atoms with E-state index in [1.807, 2.05) is 6.92 Å². The van der Waals surface area contributed by atoms with E-state index in [1.54, 1.807) is 0 Å². The van der Waals surface area contributed by atoms with Crippen LogP contribution in [0.5, 0.6) is 0 Å². The highest BCUT2D eigenvalue weighted by Gasteiger charge is 2.25. The average molecular weight is 334 g/mol. The standard InChI is InChI=1S/C18H30N4O2/c1-14-19-17(20-24-14)13-15-8-11-22(12-9-15)18(23)7-6-16-5-3-4-10-21(16)2/h15-16H,3-13H2,1-2H3/t16-/m0/s1. The molecule has 2 fully saturated rings. The minimum Gasteiger partial charge on any atom is -0.343 e. The molecular formula is C18H30N4O2. The number of aromatic nitrogens is 2. The van der Waals surface area contributed by atoms with E-state index in [0.717, 1.165) is 44.6 Å². The third-order valence-corrected chi connectivity index (χ3v) is 5.62. The lowest BCUT2D eigenvalue weighted by molar-refractivity contribution is -0.133. The van der Waals surface area contributed by atoms with Gasteiger partial charge in [-0.15, -0.1) is 0 Å². The Balaban J connectivity index is 1.38. The smallest absolute Gasteiger partial charge is 0.223 e. The predicted octanol–water partition coefficient (Wildman–Crippen LogP) is 2.42. The van der Waals surface area contributed by atoms with Gasteiger partial charge in [-0.05, 0) is 51.6 Å². The van der Waals surface area contributed by atoms with Crippen molar-refractivity contribution in [3.8, 4) is 0 Å². The summed E-state index contributed by atoms with van der Waals surface area (Å²) >= 11 is 0. The summed E-state index contributed by atoms with van der Waals surface area (Å²) in [7, 11) is 2.19. The van der Waals surface area contributed by atoms with Gasteiger partial charge in [0, 0.05) is 38.9 Å². The Morgan fingerprint density at radius 2 is 2.00 bits per heavy atom. The molecule has 0 spiro atoms. The number of piperidine rings is 2. The summed E-state index contributed by atoms with van der Waals surface area (Å²) in [4.78, 5) is 21.3. The lowest BCUT2D eigenvalue weighted by atomic mass is 9.92. The lowest BCUT2D eigenvalue weighted by Gasteiger charge is -2.34. The summed E-state index contributed by atoms with van der Waals surface area (Å²) in [5.41, 5.74) is 0. The fraction of sp³-hybridized carbons (Fsp3) is 0.833. The van der Waals surface area contributed by atoms with Gasteiger partial charge in [0.25, 0.3) is 0 Å². The monoisotopic (exact) mass is 334 g/mol. The van der Waals surface area contributed by atoms with E-state index >= 15 is 0 Å². The first-order valence-corrected chi connectivity index (χ1v) is 9.39. The van der Waals surface area contributed by atoms with Crippen LogP contribution in [0.1, 0.15) is 56.7 Å². The molecule has 0 saturated carbocycles. The van der Waals surface area contributed by atoms with Crippen molar-refractivity contribution in [3.05, 3.63) is 11.7 Å². The van der Waals surface area contributed by atoms with Crippen LogP contribution in [0.4, 0.5) is 0 Å². The van der Waals surface area contributed by atoms with Gasteiger partial charge in [0.05, 0.1) is 0 Å². The van der Waals surface area contributed by atoms with Crippen LogP contribution in [0, 0.1) is 12.8 Å². The zero-order valence-electron chi connectivity index (χ0n) is 15.0. The Hall–Kier alpha value is -1.43. The van der Waals surface area contributed by atoms with E-state index in [2.05, 4.69) is 27.0 Å². The Bertz CT molecular complexity index is 537. The third-order valence-electron chi connectivity index (χ3n) is 5.62. The topological polar surface area (TPSA) is 62.5 Å². The van der Waals surface area contributed by atoms with Crippen LogP contribution in [0.3, 0.4) is 0 Å². The molecular weight excluding hydrogens is 304 g/mol. The Morgan fingerprint density at radius 3 is 2.67 bits per heavy atom. The Labute approximate surface area is 144 Å². The second-order valence-electron chi connectivity index (χ2n) is 7.43. The van der Waals surface area contributed by atoms with Gasteiger partial charge in [-0.3, -0.25) is 4.79 Å². The fourth-order valence-corrected chi connectivity index (χ4v) is 4.03. The van der Waals surface area contributed by atoms with Crippen molar-refractivity contribution in [2.45, 2.75) is 64.3 Å². The molecule has 1 atom stereocenters. The van der Waals surface area contributed by atoms with E-state index < -0.39 is 0 Å². The predicted molar refractivity (Wildman–Crippen MR) is 91.5 cm³/mol. The average Bonchev–Trinajstić information content (AvgIpc) is 2.99. The maximum absolute atomic E-state index is 12.5. The van der Waals surface area contributed by atoms with Crippen molar-refractivity contribution < 1.29 is 9.32 Å². The van der Waals surface area contributed by atoms with E-state index in [9.17, 15) is 4.79 Å². The molecule has 0 N–H and O–H groups in total. The number of rotatable bonds is 5. The molecule has 0 aromatic carbocycles. The molecule has 1 aromatic rings. The van der Waals surface area contributed by atoms with E-state index in [0.29, 0.717) is 30.2 Å². The minimum absolute atomic E-state index is 0.336. The first-order valence-electron chi connectivity index (χ1n) is 9.39. The van der Waals surface area contributed by atoms with Crippen LogP contribution < -0.4 is 0 Å². The van der Waals surface area contributed by atoms with Gasteiger partial charge in [0.1, 0.15) is 0 Å². The van der Waals surface area contributed by atoms with Gasteiger partial charge in [-0.1, -0.05) is 11.6 Å². The van der Waals surface area contributed by atoms with Crippen molar-refractivity contribution >= 4 is 5.91 Å². The zero-order chi connectivity index (χ0) is 16.9. The van der Waals surface area contributed by atoms with Gasteiger partial charge >= 0.3 is 0 Å². The van der Waals surface area contributed by atoms with Gasteiger partial charge in [0.2, 0.25) is 11.8 Å². The molecule has 0 unspecified atom stereocenters. The van der Waals surface area contributed by atoms with Crippen molar-refractivity contribution in [1.82, 2.24) is 19.9 Å². The normalized spacial score (nSPS) is 23.6. The Morgan fingerprint density at radius 1 is 1.21 bits per heavy atom. The van der Waals surface area contributed by atoms with Crippen LogP contribution in [-0.2, 0) is 11.2 Å². The van der Waals surface area contributed by atoms with E-state index in [1.165, 1.54) is 25.8 Å². The van der Waals surface area contributed by atoms with Crippen molar-refractivity contribution in [1.29, 1.82) is 0 Å². The number of aryl methyl sites for hydroxylation is 1. The number of amides is 1. The maximum Gasteiger partial charge on any atom is 0.223 e. The highest BCUT2D eigenvalue weighted by atomic mass is 16.5. The summed E-state index contributed by atoms with van der Waals surface area (Å²) in [5, 5.41) is 3.98. The molecule has 0 bridgehead atoms. The molecule has 1 amide bonds. The zero-order valence-corrected chi connectivity index (χ0v) is 15.0. The Kier molecular flexibility index (Phi) is 5.87. The van der Waals surface area contributed by atoms with Crippen molar-refractivity contribution in [2.24, 2.45) is 5.92 Å². The van der Waals surface area contributed by atoms with Crippen LogP contribution in [0.2, 0.25) is 0 Å². The summed E-state index contributed by atoms with van der Waals surface area (Å²) in [6.07, 6.45) is 8.52. The second-order valence-corrected chi connectivity index (χ2v) is 7.43. The largest absolute Gasteiger partial charge is 0.343 e. The van der Waals surface area contributed by atoms with Crippen LogP contribution >= 0.6 is 0 Å². The molecule has 134 valence electrons.